The van der Waals surface area contributed by atoms with Crippen LogP contribution in [0.15, 0.2) is 18.2 Å². The summed E-state index contributed by atoms with van der Waals surface area (Å²) in [5, 5.41) is 11.2. The summed E-state index contributed by atoms with van der Waals surface area (Å²) in [6, 6.07) is 2.03. The summed E-state index contributed by atoms with van der Waals surface area (Å²) >= 11 is 0. The summed E-state index contributed by atoms with van der Waals surface area (Å²) in [6.45, 7) is 4.86. The van der Waals surface area contributed by atoms with E-state index in [1.54, 1.807) is 20.8 Å². The SMILES string of the molecule is CC(C)(C)OC(=O)NC(Cc1cccc(F)c1F)C(=O)O. The van der Waals surface area contributed by atoms with Gasteiger partial charge < -0.3 is 15.2 Å². The molecule has 0 aliphatic carbocycles. The smallest absolute Gasteiger partial charge is 0.408 e. The maximum atomic E-state index is 13.5. The van der Waals surface area contributed by atoms with Crippen molar-refractivity contribution in [1.82, 2.24) is 5.32 Å². The van der Waals surface area contributed by atoms with E-state index >= 15 is 0 Å². The molecule has 0 aliphatic rings. The maximum absolute atomic E-state index is 13.5. The quantitative estimate of drug-likeness (QED) is 0.896. The molecule has 0 fully saturated rings. The molecule has 0 aromatic heterocycles. The number of rotatable bonds is 4. The lowest BCUT2D eigenvalue weighted by molar-refractivity contribution is -0.139. The van der Waals surface area contributed by atoms with Gasteiger partial charge in [0.2, 0.25) is 0 Å². The van der Waals surface area contributed by atoms with Gasteiger partial charge in [0.1, 0.15) is 11.6 Å². The van der Waals surface area contributed by atoms with E-state index in [2.05, 4.69) is 5.32 Å². The van der Waals surface area contributed by atoms with Crippen LogP contribution in [0.5, 0.6) is 0 Å². The summed E-state index contributed by atoms with van der Waals surface area (Å²) in [4.78, 5) is 22.7. The first-order valence-electron chi connectivity index (χ1n) is 6.25. The van der Waals surface area contributed by atoms with E-state index in [0.717, 1.165) is 6.07 Å². The lowest BCUT2D eigenvalue weighted by atomic mass is 10.1. The third kappa shape index (κ3) is 5.37. The number of hydrogen-bond acceptors (Lipinski definition) is 3. The van der Waals surface area contributed by atoms with Crippen LogP contribution in [0, 0.1) is 11.6 Å². The highest BCUT2D eigenvalue weighted by Gasteiger charge is 2.25. The van der Waals surface area contributed by atoms with Gasteiger partial charge in [0.25, 0.3) is 0 Å². The van der Waals surface area contributed by atoms with E-state index in [0.29, 0.717) is 0 Å². The molecule has 0 bridgehead atoms. The maximum Gasteiger partial charge on any atom is 0.408 e. The monoisotopic (exact) mass is 301 g/mol. The number of halogens is 2. The molecule has 0 saturated heterocycles. The highest BCUT2D eigenvalue weighted by atomic mass is 19.2. The normalized spacial score (nSPS) is 12.6. The zero-order valence-corrected chi connectivity index (χ0v) is 11.9. The molecule has 7 heteroatoms. The average Bonchev–Trinajstić information content (AvgIpc) is 2.31. The van der Waals surface area contributed by atoms with Crippen LogP contribution in [0.3, 0.4) is 0 Å². The first kappa shape index (κ1) is 16.9. The molecule has 1 unspecified atom stereocenters. The molecule has 0 radical (unpaired) electrons. The minimum absolute atomic E-state index is 0.140. The van der Waals surface area contributed by atoms with Crippen molar-refractivity contribution in [3.63, 3.8) is 0 Å². The Bertz CT molecular complexity index is 540. The molecular formula is C14H17F2NO4. The predicted molar refractivity (Wildman–Crippen MR) is 70.9 cm³/mol. The van der Waals surface area contributed by atoms with Gasteiger partial charge in [-0.3, -0.25) is 0 Å². The van der Waals surface area contributed by atoms with Crippen LogP contribution in [-0.4, -0.2) is 28.8 Å². The lowest BCUT2D eigenvalue weighted by Gasteiger charge is -2.22. The lowest BCUT2D eigenvalue weighted by Crippen LogP contribution is -2.44. The van der Waals surface area contributed by atoms with E-state index in [4.69, 9.17) is 9.84 Å². The standard InChI is InChI=1S/C14H17F2NO4/c1-14(2,3)21-13(20)17-10(12(18)19)7-8-5-4-6-9(15)11(8)16/h4-6,10H,7H2,1-3H3,(H,17,20)(H,18,19). The molecule has 1 rings (SSSR count). The third-order valence-electron chi connectivity index (χ3n) is 2.44. The number of ether oxygens (including phenoxy) is 1. The zero-order valence-electron chi connectivity index (χ0n) is 11.9. The van der Waals surface area contributed by atoms with Crippen molar-refractivity contribution in [3.05, 3.63) is 35.4 Å². The van der Waals surface area contributed by atoms with Gasteiger partial charge in [-0.2, -0.15) is 0 Å². The van der Waals surface area contributed by atoms with Gasteiger partial charge in [-0.15, -0.1) is 0 Å². The second kappa shape index (κ2) is 6.51. The summed E-state index contributed by atoms with van der Waals surface area (Å²) in [7, 11) is 0. The Labute approximate surface area is 120 Å². The van der Waals surface area contributed by atoms with Gasteiger partial charge in [0, 0.05) is 6.42 Å². The van der Waals surface area contributed by atoms with Gasteiger partial charge in [-0.05, 0) is 32.4 Å². The minimum atomic E-state index is -1.42. The molecule has 0 spiro atoms. The molecule has 0 saturated carbocycles. The number of carboxylic acids is 1. The highest BCUT2D eigenvalue weighted by Crippen LogP contribution is 2.14. The van der Waals surface area contributed by atoms with Gasteiger partial charge >= 0.3 is 12.1 Å². The van der Waals surface area contributed by atoms with E-state index in [-0.39, 0.29) is 5.56 Å². The van der Waals surface area contributed by atoms with Crippen molar-refractivity contribution in [3.8, 4) is 0 Å². The van der Waals surface area contributed by atoms with Crippen molar-refractivity contribution in [2.75, 3.05) is 0 Å². The van der Waals surface area contributed by atoms with Gasteiger partial charge in [-0.1, -0.05) is 12.1 Å². The molecule has 0 heterocycles. The number of alkyl carbamates (subject to hydrolysis) is 1. The number of amides is 1. The number of hydrogen-bond donors (Lipinski definition) is 2. The second-order valence-electron chi connectivity index (χ2n) is 5.45. The van der Waals surface area contributed by atoms with Crippen LogP contribution in [0.1, 0.15) is 26.3 Å². The Morgan fingerprint density at radius 2 is 1.95 bits per heavy atom. The van der Waals surface area contributed by atoms with Crippen LogP contribution >= 0.6 is 0 Å². The molecule has 2 N–H and O–H groups in total. The number of nitrogens with one attached hydrogen (secondary N) is 1. The summed E-state index contributed by atoms with van der Waals surface area (Å²) < 4.78 is 31.5. The molecular weight excluding hydrogens is 284 g/mol. The second-order valence-corrected chi connectivity index (χ2v) is 5.45. The molecule has 1 atom stereocenters. The predicted octanol–water partition coefficient (Wildman–Crippen LogP) is 2.49. The molecule has 1 aromatic rings. The molecule has 116 valence electrons. The van der Waals surface area contributed by atoms with Crippen LogP contribution in [0.2, 0.25) is 0 Å². The Morgan fingerprint density at radius 1 is 1.33 bits per heavy atom. The van der Waals surface area contributed by atoms with Crippen molar-refractivity contribution in [2.24, 2.45) is 0 Å². The fourth-order valence-electron chi connectivity index (χ4n) is 1.58. The largest absolute Gasteiger partial charge is 0.480 e. The Hall–Kier alpha value is -2.18. The molecule has 5 nitrogen and oxygen atoms in total. The van der Waals surface area contributed by atoms with Crippen LogP contribution < -0.4 is 5.32 Å². The summed E-state index contributed by atoms with van der Waals surface area (Å²) in [5.74, 6) is -3.58. The van der Waals surface area contributed by atoms with Crippen molar-refractivity contribution in [1.29, 1.82) is 0 Å². The summed E-state index contributed by atoms with van der Waals surface area (Å²) in [6.07, 6.45) is -1.33. The zero-order chi connectivity index (χ0) is 16.2. The Kier molecular flexibility index (Phi) is 5.23. The fraction of sp³-hybridized carbons (Fsp3) is 0.429. The van der Waals surface area contributed by atoms with Crippen molar-refractivity contribution in [2.45, 2.75) is 38.8 Å². The first-order valence-corrected chi connectivity index (χ1v) is 6.25. The highest BCUT2D eigenvalue weighted by molar-refractivity contribution is 5.80. The van der Waals surface area contributed by atoms with Gasteiger partial charge in [0.05, 0.1) is 0 Å². The third-order valence-corrected chi connectivity index (χ3v) is 2.44. The molecule has 1 aromatic carbocycles. The van der Waals surface area contributed by atoms with Crippen LogP contribution in [-0.2, 0) is 16.0 Å². The van der Waals surface area contributed by atoms with Crippen LogP contribution in [0.25, 0.3) is 0 Å². The van der Waals surface area contributed by atoms with Crippen LogP contribution in [0.4, 0.5) is 13.6 Å². The Morgan fingerprint density at radius 3 is 2.48 bits per heavy atom. The molecule has 0 aliphatic heterocycles. The first-order chi connectivity index (χ1) is 9.60. The molecule has 21 heavy (non-hydrogen) atoms. The topological polar surface area (TPSA) is 75.6 Å². The fourth-order valence-corrected chi connectivity index (χ4v) is 1.58. The number of aliphatic carboxylic acids is 1. The van der Waals surface area contributed by atoms with Gasteiger partial charge in [-0.25, -0.2) is 18.4 Å². The van der Waals surface area contributed by atoms with E-state index in [1.165, 1.54) is 12.1 Å². The van der Waals surface area contributed by atoms with Crippen molar-refractivity contribution < 1.29 is 28.2 Å². The van der Waals surface area contributed by atoms with E-state index in [1.807, 2.05) is 0 Å². The summed E-state index contributed by atoms with van der Waals surface area (Å²) in [5.41, 5.74) is -0.935. The number of carbonyl (C=O) groups is 2. The van der Waals surface area contributed by atoms with Crippen molar-refractivity contribution >= 4 is 12.1 Å². The number of carbonyl (C=O) groups excluding carboxylic acids is 1. The molecule has 1 amide bonds. The average molecular weight is 301 g/mol. The van der Waals surface area contributed by atoms with E-state index in [9.17, 15) is 18.4 Å². The number of benzene rings is 1. The van der Waals surface area contributed by atoms with Gasteiger partial charge in [0.15, 0.2) is 11.6 Å². The Balaban J connectivity index is 2.82. The van der Waals surface area contributed by atoms with E-state index < -0.39 is 41.8 Å². The minimum Gasteiger partial charge on any atom is -0.480 e. The number of carboxylic acid groups (broad SMARTS) is 1.